The Labute approximate surface area is 143 Å². The van der Waals surface area contributed by atoms with E-state index in [2.05, 4.69) is 15.5 Å². The average molecular weight is 344 g/mol. The molecular formula is C17H14ClN3O3. The van der Waals surface area contributed by atoms with Gasteiger partial charge in [-0.2, -0.15) is 4.98 Å². The van der Waals surface area contributed by atoms with Crippen LogP contribution in [0.3, 0.4) is 0 Å². The van der Waals surface area contributed by atoms with Crippen LogP contribution in [0.1, 0.15) is 5.82 Å². The van der Waals surface area contributed by atoms with Crippen LogP contribution >= 0.6 is 11.6 Å². The van der Waals surface area contributed by atoms with Gasteiger partial charge < -0.3 is 14.6 Å². The summed E-state index contributed by atoms with van der Waals surface area (Å²) < 4.78 is 10.6. The lowest BCUT2D eigenvalue weighted by Gasteiger charge is -2.08. The number of amides is 1. The fourth-order valence-corrected chi connectivity index (χ4v) is 2.24. The predicted octanol–water partition coefficient (Wildman–Crippen LogP) is 3.72. The van der Waals surface area contributed by atoms with Crippen LogP contribution in [-0.4, -0.2) is 22.7 Å². The third-order valence-electron chi connectivity index (χ3n) is 3.09. The highest BCUT2D eigenvalue weighted by molar-refractivity contribution is 6.30. The number of benzene rings is 2. The summed E-state index contributed by atoms with van der Waals surface area (Å²) in [5, 5.41) is 7.01. The largest absolute Gasteiger partial charge is 0.484 e. The molecule has 0 bridgehead atoms. The van der Waals surface area contributed by atoms with E-state index < -0.39 is 0 Å². The molecule has 0 unspecified atom stereocenters. The van der Waals surface area contributed by atoms with Crippen LogP contribution < -0.4 is 10.1 Å². The predicted molar refractivity (Wildman–Crippen MR) is 90.0 cm³/mol. The quantitative estimate of drug-likeness (QED) is 0.764. The molecule has 3 rings (SSSR count). The van der Waals surface area contributed by atoms with Crippen molar-refractivity contribution in [3.8, 4) is 17.2 Å². The Hall–Kier alpha value is -2.86. The van der Waals surface area contributed by atoms with Gasteiger partial charge in [0.15, 0.2) is 12.4 Å². The maximum absolute atomic E-state index is 11.9. The van der Waals surface area contributed by atoms with Crippen LogP contribution in [0, 0.1) is 6.92 Å². The maximum Gasteiger partial charge on any atom is 0.262 e. The first kappa shape index (κ1) is 16.0. The number of nitrogens with one attached hydrogen (secondary N) is 1. The van der Waals surface area contributed by atoms with Crippen LogP contribution in [0.15, 0.2) is 53.1 Å². The van der Waals surface area contributed by atoms with Gasteiger partial charge in [-0.3, -0.25) is 4.79 Å². The van der Waals surface area contributed by atoms with Crippen molar-refractivity contribution < 1.29 is 14.1 Å². The smallest absolute Gasteiger partial charge is 0.262 e. The molecule has 0 aliphatic heterocycles. The lowest BCUT2D eigenvalue weighted by Crippen LogP contribution is -2.20. The molecule has 1 N–H and O–H groups in total. The number of halogens is 1. The minimum atomic E-state index is -0.281. The summed E-state index contributed by atoms with van der Waals surface area (Å²) >= 11 is 5.88. The molecule has 1 amide bonds. The van der Waals surface area contributed by atoms with Gasteiger partial charge in [0.25, 0.3) is 11.8 Å². The van der Waals surface area contributed by atoms with Crippen molar-refractivity contribution in [1.82, 2.24) is 10.1 Å². The van der Waals surface area contributed by atoms with Crippen LogP contribution in [0.2, 0.25) is 5.02 Å². The van der Waals surface area contributed by atoms with Crippen molar-refractivity contribution in [3.63, 3.8) is 0 Å². The molecular weight excluding hydrogens is 330 g/mol. The first-order chi connectivity index (χ1) is 11.6. The zero-order valence-electron chi connectivity index (χ0n) is 12.8. The molecule has 0 aliphatic rings. The highest BCUT2D eigenvalue weighted by atomic mass is 35.5. The topological polar surface area (TPSA) is 77.2 Å². The molecule has 0 fully saturated rings. The van der Waals surface area contributed by atoms with E-state index in [4.69, 9.17) is 20.9 Å². The van der Waals surface area contributed by atoms with Gasteiger partial charge in [0.1, 0.15) is 5.75 Å². The van der Waals surface area contributed by atoms with E-state index in [-0.39, 0.29) is 12.5 Å². The van der Waals surface area contributed by atoms with Crippen molar-refractivity contribution in [2.45, 2.75) is 6.92 Å². The number of rotatable bonds is 5. The summed E-state index contributed by atoms with van der Waals surface area (Å²) in [5.74, 6) is 1.21. The van der Waals surface area contributed by atoms with Crippen molar-refractivity contribution in [1.29, 1.82) is 0 Å². The number of hydrogen-bond donors (Lipinski definition) is 1. The summed E-state index contributed by atoms with van der Waals surface area (Å²) in [6.07, 6.45) is 0. The van der Waals surface area contributed by atoms with E-state index in [0.717, 1.165) is 5.56 Å². The molecule has 3 aromatic rings. The SMILES string of the molecule is Cc1noc(-c2cccc(OCC(=O)Nc3cccc(Cl)c3)c2)n1. The minimum absolute atomic E-state index is 0.126. The number of anilines is 1. The van der Waals surface area contributed by atoms with Gasteiger partial charge in [-0.1, -0.05) is 28.9 Å². The first-order valence-corrected chi connectivity index (χ1v) is 7.57. The number of ether oxygens (including phenoxy) is 1. The Morgan fingerprint density at radius 1 is 1.25 bits per heavy atom. The van der Waals surface area contributed by atoms with Gasteiger partial charge >= 0.3 is 0 Å². The van der Waals surface area contributed by atoms with Gasteiger partial charge in [0.2, 0.25) is 0 Å². The van der Waals surface area contributed by atoms with E-state index >= 15 is 0 Å². The number of nitrogens with zero attached hydrogens (tertiary/aromatic N) is 2. The fraction of sp³-hybridized carbons (Fsp3) is 0.118. The van der Waals surface area contributed by atoms with E-state index in [9.17, 15) is 4.79 Å². The van der Waals surface area contributed by atoms with Gasteiger partial charge in [0.05, 0.1) is 0 Å². The van der Waals surface area contributed by atoms with Gasteiger partial charge in [-0.25, -0.2) is 0 Å². The lowest BCUT2D eigenvalue weighted by atomic mass is 10.2. The number of hydrogen-bond acceptors (Lipinski definition) is 5. The Morgan fingerprint density at radius 2 is 2.08 bits per heavy atom. The van der Waals surface area contributed by atoms with Crippen LogP contribution in [-0.2, 0) is 4.79 Å². The fourth-order valence-electron chi connectivity index (χ4n) is 2.05. The number of aromatic nitrogens is 2. The molecule has 0 saturated carbocycles. The molecule has 0 saturated heterocycles. The van der Waals surface area contributed by atoms with E-state index in [1.165, 1.54) is 0 Å². The standard InChI is InChI=1S/C17H14ClN3O3/c1-11-19-17(24-21-11)12-4-2-7-15(8-12)23-10-16(22)20-14-6-3-5-13(18)9-14/h2-9H,10H2,1H3,(H,20,22). The third-order valence-corrected chi connectivity index (χ3v) is 3.32. The zero-order valence-corrected chi connectivity index (χ0v) is 13.6. The Morgan fingerprint density at radius 3 is 2.83 bits per heavy atom. The second-order valence-electron chi connectivity index (χ2n) is 5.02. The molecule has 0 atom stereocenters. The van der Waals surface area contributed by atoms with Crippen LogP contribution in [0.5, 0.6) is 5.75 Å². The Bertz CT molecular complexity index is 864. The normalized spacial score (nSPS) is 10.4. The third kappa shape index (κ3) is 4.11. The molecule has 24 heavy (non-hydrogen) atoms. The maximum atomic E-state index is 11.9. The van der Waals surface area contributed by atoms with Gasteiger partial charge in [-0.05, 0) is 43.3 Å². The average Bonchev–Trinajstić information content (AvgIpc) is 3.00. The van der Waals surface area contributed by atoms with E-state index in [1.807, 2.05) is 6.07 Å². The molecule has 0 radical (unpaired) electrons. The second-order valence-corrected chi connectivity index (χ2v) is 5.46. The van der Waals surface area contributed by atoms with E-state index in [0.29, 0.717) is 28.2 Å². The summed E-state index contributed by atoms with van der Waals surface area (Å²) in [4.78, 5) is 16.1. The summed E-state index contributed by atoms with van der Waals surface area (Å²) in [7, 11) is 0. The summed E-state index contributed by atoms with van der Waals surface area (Å²) in [6.45, 7) is 1.62. The molecule has 6 nitrogen and oxygen atoms in total. The number of carbonyl (C=O) groups is 1. The van der Waals surface area contributed by atoms with Gasteiger partial charge in [0, 0.05) is 16.3 Å². The molecule has 0 spiro atoms. The summed E-state index contributed by atoms with van der Waals surface area (Å²) in [5.41, 5.74) is 1.34. The molecule has 1 aromatic heterocycles. The molecule has 122 valence electrons. The lowest BCUT2D eigenvalue weighted by molar-refractivity contribution is -0.118. The van der Waals surface area contributed by atoms with E-state index in [1.54, 1.807) is 49.4 Å². The van der Waals surface area contributed by atoms with Crippen molar-refractivity contribution in [3.05, 3.63) is 59.4 Å². The molecule has 0 aliphatic carbocycles. The number of aryl methyl sites for hydroxylation is 1. The highest BCUT2D eigenvalue weighted by Gasteiger charge is 2.09. The summed E-state index contributed by atoms with van der Waals surface area (Å²) in [6, 6.07) is 14.0. The van der Waals surface area contributed by atoms with Crippen molar-refractivity contribution in [2.24, 2.45) is 0 Å². The Kier molecular flexibility index (Phi) is 4.77. The molecule has 1 heterocycles. The first-order valence-electron chi connectivity index (χ1n) is 7.19. The van der Waals surface area contributed by atoms with Crippen LogP contribution in [0.4, 0.5) is 5.69 Å². The Balaban J connectivity index is 1.61. The monoisotopic (exact) mass is 343 g/mol. The molecule has 7 heteroatoms. The van der Waals surface area contributed by atoms with Crippen LogP contribution in [0.25, 0.3) is 11.5 Å². The van der Waals surface area contributed by atoms with Crippen molar-refractivity contribution in [2.75, 3.05) is 11.9 Å². The van der Waals surface area contributed by atoms with Crippen molar-refractivity contribution >= 4 is 23.2 Å². The molecule has 2 aromatic carbocycles. The second kappa shape index (κ2) is 7.14. The minimum Gasteiger partial charge on any atom is -0.484 e. The number of carbonyl (C=O) groups excluding carboxylic acids is 1. The zero-order chi connectivity index (χ0) is 16.9. The highest BCUT2D eigenvalue weighted by Crippen LogP contribution is 2.22. The van der Waals surface area contributed by atoms with Gasteiger partial charge in [-0.15, -0.1) is 0 Å².